The Balaban J connectivity index is 1.05. The lowest BCUT2D eigenvalue weighted by Gasteiger charge is -2.11. The fourth-order valence-corrected chi connectivity index (χ4v) is 8.34. The van der Waals surface area contributed by atoms with E-state index in [1.54, 1.807) is 0 Å². The molecule has 6 nitrogen and oxygen atoms in total. The summed E-state index contributed by atoms with van der Waals surface area (Å²) in [5.41, 5.74) is 11.0. The molecule has 0 bridgehead atoms. The number of aromatic nitrogens is 4. The van der Waals surface area contributed by atoms with Gasteiger partial charge in [-0.1, -0.05) is 140 Å². The minimum atomic E-state index is 0.569. The van der Waals surface area contributed by atoms with Crippen molar-refractivity contribution in [2.24, 2.45) is 0 Å². The minimum Gasteiger partial charge on any atom is -0.456 e. The van der Waals surface area contributed by atoms with Gasteiger partial charge in [0.25, 0.3) is 0 Å². The van der Waals surface area contributed by atoms with E-state index in [0.29, 0.717) is 28.9 Å². The molecular formula is C54H32N4O2. The second kappa shape index (κ2) is 13.7. The van der Waals surface area contributed by atoms with Crippen molar-refractivity contribution in [2.75, 3.05) is 0 Å². The van der Waals surface area contributed by atoms with E-state index in [-0.39, 0.29) is 0 Å². The zero-order chi connectivity index (χ0) is 39.6. The SMILES string of the molecule is c1ccc(-c2cccc(-c3nc(-c4cccc(-c5ccc6ccccc6c5)c4)nc(-c4ccc5ccc6oc7ccc8nc(-c9ccccc9)oc8c7c6c5c4)n3)c2)cc1. The number of rotatable bonds is 6. The van der Waals surface area contributed by atoms with Gasteiger partial charge in [0, 0.05) is 27.6 Å². The largest absolute Gasteiger partial charge is 0.456 e. The van der Waals surface area contributed by atoms with E-state index >= 15 is 0 Å². The quantitative estimate of drug-likeness (QED) is 0.168. The fourth-order valence-electron chi connectivity index (χ4n) is 8.34. The summed E-state index contributed by atoms with van der Waals surface area (Å²) in [6.07, 6.45) is 0. The van der Waals surface area contributed by atoms with Gasteiger partial charge in [0.2, 0.25) is 5.89 Å². The van der Waals surface area contributed by atoms with E-state index in [4.69, 9.17) is 28.8 Å². The summed E-state index contributed by atoms with van der Waals surface area (Å²) in [5, 5.41) is 6.31. The van der Waals surface area contributed by atoms with Gasteiger partial charge in [-0.2, -0.15) is 0 Å². The Bertz CT molecular complexity index is 3610. The topological polar surface area (TPSA) is 77.8 Å². The van der Waals surface area contributed by atoms with Crippen molar-refractivity contribution in [3.05, 3.63) is 194 Å². The highest BCUT2D eigenvalue weighted by molar-refractivity contribution is 6.25. The first-order valence-electron chi connectivity index (χ1n) is 19.9. The molecule has 0 aliphatic rings. The molecule has 0 aliphatic heterocycles. The third kappa shape index (κ3) is 5.81. The van der Waals surface area contributed by atoms with Crippen molar-refractivity contribution in [1.29, 1.82) is 0 Å². The Morgan fingerprint density at radius 3 is 1.55 bits per heavy atom. The molecule has 0 spiro atoms. The van der Waals surface area contributed by atoms with Crippen molar-refractivity contribution in [1.82, 2.24) is 19.9 Å². The summed E-state index contributed by atoms with van der Waals surface area (Å²) < 4.78 is 13.0. The number of furan rings is 1. The fraction of sp³-hybridized carbons (Fsp3) is 0. The minimum absolute atomic E-state index is 0.569. The molecule has 9 aromatic carbocycles. The van der Waals surface area contributed by atoms with E-state index in [1.807, 2.05) is 54.6 Å². The van der Waals surface area contributed by atoms with Gasteiger partial charge in [-0.05, 0) is 98.4 Å². The van der Waals surface area contributed by atoms with E-state index in [9.17, 15) is 0 Å². The molecule has 6 heteroatoms. The van der Waals surface area contributed by atoms with Crippen LogP contribution in [0.1, 0.15) is 0 Å². The number of nitrogens with zero attached hydrogens (tertiary/aromatic N) is 4. The summed E-state index contributed by atoms with van der Waals surface area (Å²) in [7, 11) is 0. The summed E-state index contributed by atoms with van der Waals surface area (Å²) in [5.74, 6) is 2.32. The predicted molar refractivity (Wildman–Crippen MR) is 242 cm³/mol. The molecular weight excluding hydrogens is 737 g/mol. The van der Waals surface area contributed by atoms with E-state index in [0.717, 1.165) is 82.7 Å². The lowest BCUT2D eigenvalue weighted by molar-refractivity contribution is 0.622. The molecule has 0 saturated heterocycles. The molecule has 0 radical (unpaired) electrons. The van der Waals surface area contributed by atoms with Crippen LogP contribution in [0.25, 0.3) is 122 Å². The Labute approximate surface area is 344 Å². The van der Waals surface area contributed by atoms with Crippen molar-refractivity contribution in [3.8, 4) is 67.9 Å². The van der Waals surface area contributed by atoms with Crippen molar-refractivity contribution in [3.63, 3.8) is 0 Å². The summed E-state index contributed by atoms with van der Waals surface area (Å²) >= 11 is 0. The molecule has 0 fully saturated rings. The van der Waals surface area contributed by atoms with Gasteiger partial charge in [0.1, 0.15) is 16.7 Å². The standard InChI is InChI=1S/C54H32N4O2/c1-3-11-33(12-4-1)38-17-9-19-41(30-38)51-56-52(42-20-10-18-39(31-42)40-23-21-34-13-7-8-16-37(34)29-40)58-53(57-51)43-24-22-35-25-27-46-48(44(35)32-43)49-47(59-46)28-26-45-50(49)60-54(55-45)36-14-5-2-6-15-36/h1-32H. The first-order valence-corrected chi connectivity index (χ1v) is 19.9. The maximum Gasteiger partial charge on any atom is 0.227 e. The highest BCUT2D eigenvalue weighted by Gasteiger charge is 2.20. The van der Waals surface area contributed by atoms with Gasteiger partial charge < -0.3 is 8.83 Å². The Morgan fingerprint density at radius 1 is 0.300 bits per heavy atom. The molecule has 280 valence electrons. The van der Waals surface area contributed by atoms with Crippen LogP contribution in [0, 0.1) is 0 Å². The van der Waals surface area contributed by atoms with Crippen LogP contribution < -0.4 is 0 Å². The van der Waals surface area contributed by atoms with Crippen LogP contribution >= 0.6 is 0 Å². The zero-order valence-electron chi connectivity index (χ0n) is 32.1. The van der Waals surface area contributed by atoms with Crippen molar-refractivity contribution < 1.29 is 8.83 Å². The monoisotopic (exact) mass is 768 g/mol. The first-order chi connectivity index (χ1) is 29.7. The maximum absolute atomic E-state index is 6.53. The number of benzene rings is 9. The zero-order valence-corrected chi connectivity index (χ0v) is 32.1. The molecule has 0 N–H and O–H groups in total. The maximum atomic E-state index is 6.53. The molecule has 3 heterocycles. The van der Waals surface area contributed by atoms with Crippen molar-refractivity contribution >= 4 is 54.6 Å². The predicted octanol–water partition coefficient (Wildman–Crippen LogP) is 14.2. The van der Waals surface area contributed by atoms with Crippen LogP contribution in [0.3, 0.4) is 0 Å². The average Bonchev–Trinajstić information content (AvgIpc) is 3.94. The van der Waals surface area contributed by atoms with Gasteiger partial charge in [-0.15, -0.1) is 0 Å². The van der Waals surface area contributed by atoms with Gasteiger partial charge in [0.05, 0.1) is 5.39 Å². The molecule has 60 heavy (non-hydrogen) atoms. The van der Waals surface area contributed by atoms with Crippen LogP contribution in [0.5, 0.6) is 0 Å². The summed E-state index contributed by atoms with van der Waals surface area (Å²) in [4.78, 5) is 20.5. The number of oxazole rings is 1. The number of hydrogen-bond acceptors (Lipinski definition) is 6. The normalized spacial score (nSPS) is 11.7. The lowest BCUT2D eigenvalue weighted by atomic mass is 9.99. The van der Waals surface area contributed by atoms with E-state index < -0.39 is 0 Å². The first kappa shape index (κ1) is 33.9. The van der Waals surface area contributed by atoms with E-state index in [2.05, 4.69) is 140 Å². The molecule has 12 rings (SSSR count). The van der Waals surface area contributed by atoms with Gasteiger partial charge in [0.15, 0.2) is 23.1 Å². The summed E-state index contributed by atoms with van der Waals surface area (Å²) in [6.45, 7) is 0. The van der Waals surface area contributed by atoms with Crippen molar-refractivity contribution in [2.45, 2.75) is 0 Å². The molecule has 0 aliphatic carbocycles. The lowest BCUT2D eigenvalue weighted by Crippen LogP contribution is -2.00. The summed E-state index contributed by atoms with van der Waals surface area (Å²) in [6, 6.07) is 66.6. The highest BCUT2D eigenvalue weighted by Crippen LogP contribution is 2.41. The van der Waals surface area contributed by atoms with Crippen LogP contribution in [-0.4, -0.2) is 19.9 Å². The molecule has 3 aromatic heterocycles. The van der Waals surface area contributed by atoms with Crippen LogP contribution in [-0.2, 0) is 0 Å². The number of fused-ring (bicyclic) bond motifs is 8. The molecule has 0 atom stereocenters. The molecule has 0 saturated carbocycles. The van der Waals surface area contributed by atoms with Crippen LogP contribution in [0.2, 0.25) is 0 Å². The third-order valence-corrected chi connectivity index (χ3v) is 11.3. The number of hydrogen-bond donors (Lipinski definition) is 0. The third-order valence-electron chi connectivity index (χ3n) is 11.3. The highest BCUT2D eigenvalue weighted by atomic mass is 16.4. The van der Waals surface area contributed by atoms with Crippen LogP contribution in [0.15, 0.2) is 203 Å². The average molecular weight is 769 g/mol. The Morgan fingerprint density at radius 2 is 0.817 bits per heavy atom. The molecule has 0 unspecified atom stereocenters. The van der Waals surface area contributed by atoms with Gasteiger partial charge in [-0.3, -0.25) is 0 Å². The second-order valence-electron chi connectivity index (χ2n) is 15.0. The Kier molecular flexibility index (Phi) is 7.74. The van der Waals surface area contributed by atoms with Gasteiger partial charge >= 0.3 is 0 Å². The smallest absolute Gasteiger partial charge is 0.227 e. The molecule has 0 amide bonds. The van der Waals surface area contributed by atoms with Crippen LogP contribution in [0.4, 0.5) is 0 Å². The Hall–Kier alpha value is -8.22. The second-order valence-corrected chi connectivity index (χ2v) is 15.0. The molecule has 12 aromatic rings. The van der Waals surface area contributed by atoms with E-state index in [1.165, 1.54) is 10.8 Å². The van der Waals surface area contributed by atoms with Gasteiger partial charge in [-0.25, -0.2) is 19.9 Å².